The van der Waals surface area contributed by atoms with E-state index in [1.165, 1.54) is 12.8 Å². The van der Waals surface area contributed by atoms with Gasteiger partial charge in [-0.25, -0.2) is 0 Å². The van der Waals surface area contributed by atoms with Crippen LogP contribution in [0.4, 0.5) is 0 Å². The van der Waals surface area contributed by atoms with E-state index >= 15 is 0 Å². The van der Waals surface area contributed by atoms with Crippen molar-refractivity contribution >= 4 is 5.91 Å². The van der Waals surface area contributed by atoms with Gasteiger partial charge in [0, 0.05) is 26.6 Å². The monoisotopic (exact) mass is 270 g/mol. The smallest absolute Gasteiger partial charge is 0.222 e. The number of rotatable bonds is 9. The zero-order valence-corrected chi connectivity index (χ0v) is 12.6. The number of hydrogen-bond donors (Lipinski definition) is 1. The lowest BCUT2D eigenvalue weighted by Crippen LogP contribution is -2.35. The first-order valence-electron chi connectivity index (χ1n) is 7.75. The van der Waals surface area contributed by atoms with E-state index in [1.54, 1.807) is 7.11 Å². The fourth-order valence-electron chi connectivity index (χ4n) is 2.57. The lowest BCUT2D eigenvalue weighted by atomic mass is 9.93. The van der Waals surface area contributed by atoms with Crippen LogP contribution in [0, 0.1) is 5.92 Å². The molecule has 1 saturated heterocycles. The summed E-state index contributed by atoms with van der Waals surface area (Å²) in [5.74, 6) is 1.05. The van der Waals surface area contributed by atoms with Crippen molar-refractivity contribution < 1.29 is 9.53 Å². The van der Waals surface area contributed by atoms with Crippen LogP contribution in [0.25, 0.3) is 0 Å². The number of carbonyl (C=O) groups is 1. The average Bonchev–Trinajstić information content (AvgIpc) is 2.46. The Morgan fingerprint density at radius 2 is 2.05 bits per heavy atom. The second kappa shape index (κ2) is 10.2. The minimum atomic E-state index is 0.309. The summed E-state index contributed by atoms with van der Waals surface area (Å²) in [6, 6.07) is 0. The first-order valence-corrected chi connectivity index (χ1v) is 7.75. The summed E-state index contributed by atoms with van der Waals surface area (Å²) < 4.78 is 5.09. The molecular formula is C15H30N2O2. The standard InChI is InChI=1S/C15H30N2O2/c1-3-4-11-17(12-13-19-2)15(18)6-5-14-7-9-16-10-8-14/h14,16H,3-13H2,1-2H3. The summed E-state index contributed by atoms with van der Waals surface area (Å²) in [6.07, 6.45) is 6.42. The lowest BCUT2D eigenvalue weighted by Gasteiger charge is -2.25. The second-order valence-corrected chi connectivity index (χ2v) is 5.46. The largest absolute Gasteiger partial charge is 0.383 e. The van der Waals surface area contributed by atoms with Gasteiger partial charge in [-0.05, 0) is 44.7 Å². The van der Waals surface area contributed by atoms with Crippen molar-refractivity contribution in [3.05, 3.63) is 0 Å². The Balaban J connectivity index is 2.28. The molecule has 1 heterocycles. The number of nitrogens with zero attached hydrogens (tertiary/aromatic N) is 1. The third-order valence-corrected chi connectivity index (χ3v) is 3.92. The quantitative estimate of drug-likeness (QED) is 0.697. The fraction of sp³-hybridized carbons (Fsp3) is 0.933. The summed E-state index contributed by atoms with van der Waals surface area (Å²) >= 11 is 0. The number of methoxy groups -OCH3 is 1. The number of ether oxygens (including phenoxy) is 1. The van der Waals surface area contributed by atoms with Gasteiger partial charge in [0.15, 0.2) is 0 Å². The molecule has 0 bridgehead atoms. The molecule has 1 rings (SSSR count). The highest BCUT2D eigenvalue weighted by Crippen LogP contribution is 2.18. The maximum Gasteiger partial charge on any atom is 0.222 e. The third-order valence-electron chi connectivity index (χ3n) is 3.92. The normalized spacial score (nSPS) is 16.5. The zero-order valence-electron chi connectivity index (χ0n) is 12.6. The molecule has 0 spiro atoms. The minimum absolute atomic E-state index is 0.309. The lowest BCUT2D eigenvalue weighted by molar-refractivity contribution is -0.132. The molecule has 0 aromatic heterocycles. The molecule has 0 atom stereocenters. The van der Waals surface area contributed by atoms with Crippen molar-refractivity contribution in [2.45, 2.75) is 45.4 Å². The van der Waals surface area contributed by atoms with Gasteiger partial charge in [-0.15, -0.1) is 0 Å². The van der Waals surface area contributed by atoms with Crippen LogP contribution in [0.5, 0.6) is 0 Å². The first kappa shape index (κ1) is 16.4. The van der Waals surface area contributed by atoms with E-state index in [-0.39, 0.29) is 0 Å². The second-order valence-electron chi connectivity index (χ2n) is 5.46. The Kier molecular flexibility index (Phi) is 8.84. The van der Waals surface area contributed by atoms with Crippen LogP contribution < -0.4 is 5.32 Å². The third kappa shape index (κ3) is 6.92. The van der Waals surface area contributed by atoms with Gasteiger partial charge in [-0.2, -0.15) is 0 Å². The number of carbonyl (C=O) groups excluding carboxylic acids is 1. The maximum atomic E-state index is 12.3. The van der Waals surface area contributed by atoms with Gasteiger partial charge >= 0.3 is 0 Å². The van der Waals surface area contributed by atoms with E-state index in [1.807, 2.05) is 4.90 Å². The Bertz CT molecular complexity index is 232. The van der Waals surface area contributed by atoms with E-state index in [2.05, 4.69) is 12.2 Å². The van der Waals surface area contributed by atoms with Crippen molar-refractivity contribution in [1.29, 1.82) is 0 Å². The SMILES string of the molecule is CCCCN(CCOC)C(=O)CCC1CCNCC1. The van der Waals surface area contributed by atoms with Gasteiger partial charge in [0.05, 0.1) is 6.61 Å². The summed E-state index contributed by atoms with van der Waals surface area (Å²) in [5.41, 5.74) is 0. The molecule has 0 unspecified atom stereocenters. The maximum absolute atomic E-state index is 12.3. The molecule has 1 fully saturated rings. The molecule has 1 N–H and O–H groups in total. The summed E-state index contributed by atoms with van der Waals surface area (Å²) in [4.78, 5) is 14.2. The van der Waals surface area contributed by atoms with Crippen LogP contribution >= 0.6 is 0 Å². The summed E-state index contributed by atoms with van der Waals surface area (Å²) in [7, 11) is 1.69. The molecule has 112 valence electrons. The minimum Gasteiger partial charge on any atom is -0.383 e. The summed E-state index contributed by atoms with van der Waals surface area (Å²) in [6.45, 7) is 6.65. The molecule has 19 heavy (non-hydrogen) atoms. The molecule has 4 nitrogen and oxygen atoms in total. The van der Waals surface area contributed by atoms with Crippen LogP contribution in [0.2, 0.25) is 0 Å². The first-order chi connectivity index (χ1) is 9.27. The fourth-order valence-corrected chi connectivity index (χ4v) is 2.57. The number of piperidine rings is 1. The predicted octanol–water partition coefficient (Wildman–Crippen LogP) is 2.04. The highest BCUT2D eigenvalue weighted by molar-refractivity contribution is 5.76. The number of unbranched alkanes of at least 4 members (excludes halogenated alkanes) is 1. The van der Waals surface area contributed by atoms with Crippen molar-refractivity contribution in [3.8, 4) is 0 Å². The molecule has 4 heteroatoms. The highest BCUT2D eigenvalue weighted by Gasteiger charge is 2.17. The molecule has 0 aliphatic carbocycles. The van der Waals surface area contributed by atoms with Gasteiger partial charge < -0.3 is 15.0 Å². The molecule has 0 saturated carbocycles. The Labute approximate surface area is 117 Å². The average molecular weight is 270 g/mol. The number of amides is 1. The van der Waals surface area contributed by atoms with Crippen molar-refractivity contribution in [2.75, 3.05) is 39.9 Å². The number of hydrogen-bond acceptors (Lipinski definition) is 3. The van der Waals surface area contributed by atoms with Gasteiger partial charge in [-0.3, -0.25) is 4.79 Å². The van der Waals surface area contributed by atoms with E-state index < -0.39 is 0 Å². The Morgan fingerprint density at radius 1 is 1.32 bits per heavy atom. The number of nitrogens with one attached hydrogen (secondary N) is 1. The predicted molar refractivity (Wildman–Crippen MR) is 78.2 cm³/mol. The van der Waals surface area contributed by atoms with Gasteiger partial charge in [0.1, 0.15) is 0 Å². The molecule has 1 amide bonds. The van der Waals surface area contributed by atoms with Crippen molar-refractivity contribution in [3.63, 3.8) is 0 Å². The van der Waals surface area contributed by atoms with E-state index in [0.29, 0.717) is 18.9 Å². The Morgan fingerprint density at radius 3 is 2.68 bits per heavy atom. The molecule has 0 aromatic carbocycles. The van der Waals surface area contributed by atoms with E-state index in [4.69, 9.17) is 4.74 Å². The van der Waals surface area contributed by atoms with Crippen molar-refractivity contribution in [1.82, 2.24) is 10.2 Å². The molecule has 1 aliphatic heterocycles. The molecule has 1 aliphatic rings. The zero-order chi connectivity index (χ0) is 13.9. The van der Waals surface area contributed by atoms with E-state index in [9.17, 15) is 4.79 Å². The van der Waals surface area contributed by atoms with Crippen molar-refractivity contribution in [2.24, 2.45) is 5.92 Å². The molecule has 0 aromatic rings. The van der Waals surface area contributed by atoms with Crippen LogP contribution in [0.1, 0.15) is 45.4 Å². The molecular weight excluding hydrogens is 240 g/mol. The summed E-state index contributed by atoms with van der Waals surface area (Å²) in [5, 5.41) is 3.37. The van der Waals surface area contributed by atoms with Gasteiger partial charge in [-0.1, -0.05) is 13.3 Å². The van der Waals surface area contributed by atoms with Crippen LogP contribution in [0.3, 0.4) is 0 Å². The van der Waals surface area contributed by atoms with Crippen LogP contribution in [-0.4, -0.2) is 50.7 Å². The van der Waals surface area contributed by atoms with Crippen LogP contribution in [0.15, 0.2) is 0 Å². The van der Waals surface area contributed by atoms with Crippen LogP contribution in [-0.2, 0) is 9.53 Å². The Hall–Kier alpha value is -0.610. The van der Waals surface area contributed by atoms with Gasteiger partial charge in [0.2, 0.25) is 5.91 Å². The van der Waals surface area contributed by atoms with E-state index in [0.717, 1.165) is 51.4 Å². The molecule has 0 radical (unpaired) electrons. The van der Waals surface area contributed by atoms with Gasteiger partial charge in [0.25, 0.3) is 0 Å². The highest BCUT2D eigenvalue weighted by atomic mass is 16.5. The topological polar surface area (TPSA) is 41.6 Å².